The molecule has 208 valence electrons. The Balaban J connectivity index is 1.50. The Kier molecular flexibility index (Phi) is 8.64. The molecular weight excluding hydrogens is 590 g/mol. The average Bonchev–Trinajstić information content (AvgIpc) is 3.27. The number of halogens is 6. The third-order valence-corrected chi connectivity index (χ3v) is 9.11. The molecule has 2 atom stereocenters. The number of urea groups is 1. The van der Waals surface area contributed by atoms with E-state index in [0.29, 0.717) is 23.1 Å². The first-order valence-corrected chi connectivity index (χ1v) is 14.7. The Bertz CT molecular complexity index is 1300. The van der Waals surface area contributed by atoms with Crippen LogP contribution in [-0.4, -0.2) is 80.7 Å². The molecule has 2 aromatic carbocycles. The van der Waals surface area contributed by atoms with Gasteiger partial charge in [0.05, 0.1) is 33.5 Å². The minimum absolute atomic E-state index is 0.0850. The van der Waals surface area contributed by atoms with Crippen LogP contribution in [0, 0.1) is 5.92 Å². The highest BCUT2D eigenvalue weighted by molar-refractivity contribution is 7.88. The van der Waals surface area contributed by atoms with E-state index in [1.54, 1.807) is 21.9 Å². The van der Waals surface area contributed by atoms with Crippen LogP contribution in [0.2, 0.25) is 15.1 Å². The van der Waals surface area contributed by atoms with Crippen LogP contribution in [-0.2, 0) is 16.2 Å². The molecule has 2 fully saturated rings. The number of benzene rings is 2. The van der Waals surface area contributed by atoms with Crippen LogP contribution in [0.1, 0.15) is 17.0 Å². The van der Waals surface area contributed by atoms with Gasteiger partial charge in [0, 0.05) is 51.1 Å². The van der Waals surface area contributed by atoms with E-state index in [2.05, 4.69) is 0 Å². The Hall–Kier alpha value is -1.92. The number of ether oxygens (including phenoxy) is 1. The van der Waals surface area contributed by atoms with Crippen molar-refractivity contribution in [2.45, 2.75) is 12.1 Å². The second kappa shape index (κ2) is 11.3. The number of carbonyl (C=O) groups excluding carboxylic acids is 1. The molecule has 0 bridgehead atoms. The highest BCUT2D eigenvalue weighted by Gasteiger charge is 2.39. The summed E-state index contributed by atoms with van der Waals surface area (Å²) in [4.78, 5) is 16.6. The molecule has 2 aromatic rings. The molecule has 0 radical (unpaired) electrons. The van der Waals surface area contributed by atoms with Crippen LogP contribution in [0.15, 0.2) is 36.4 Å². The number of hydrogen-bond acceptors (Lipinski definition) is 4. The first-order valence-electron chi connectivity index (χ1n) is 11.7. The summed E-state index contributed by atoms with van der Waals surface area (Å²) < 4.78 is 69.8. The molecule has 2 aliphatic heterocycles. The highest BCUT2D eigenvalue weighted by Crippen LogP contribution is 2.38. The second-order valence-corrected chi connectivity index (χ2v) is 12.5. The van der Waals surface area contributed by atoms with Crippen molar-refractivity contribution in [3.05, 3.63) is 62.6 Å². The van der Waals surface area contributed by atoms with Crippen molar-refractivity contribution in [1.29, 1.82) is 0 Å². The molecule has 0 aliphatic carbocycles. The lowest BCUT2D eigenvalue weighted by Crippen LogP contribution is -2.53. The number of piperazine rings is 1. The van der Waals surface area contributed by atoms with Crippen molar-refractivity contribution in [3.63, 3.8) is 0 Å². The SMILES string of the molecule is CS(=O)(=O)N1CCN(C(=O)N2CC(c3ccc(Cl)c(Cl)c3)[C@H](COc3ccc(C(F)(F)F)cc3Cl)C2)CC1. The molecule has 1 unspecified atom stereocenters. The van der Waals surface area contributed by atoms with Crippen molar-refractivity contribution in [2.24, 2.45) is 5.92 Å². The molecule has 14 heteroatoms. The molecule has 0 saturated carbocycles. The zero-order chi connectivity index (χ0) is 27.8. The summed E-state index contributed by atoms with van der Waals surface area (Å²) in [5.74, 6) is -0.319. The quantitative estimate of drug-likeness (QED) is 0.449. The van der Waals surface area contributed by atoms with Crippen LogP contribution in [0.25, 0.3) is 0 Å². The molecular formula is C24H25Cl3F3N3O4S. The van der Waals surface area contributed by atoms with Crippen LogP contribution in [0.3, 0.4) is 0 Å². The predicted octanol–water partition coefficient (Wildman–Crippen LogP) is 5.46. The van der Waals surface area contributed by atoms with E-state index in [4.69, 9.17) is 39.5 Å². The number of alkyl halides is 3. The summed E-state index contributed by atoms with van der Waals surface area (Å²) >= 11 is 18.4. The van der Waals surface area contributed by atoms with E-state index >= 15 is 0 Å². The van der Waals surface area contributed by atoms with Crippen molar-refractivity contribution in [3.8, 4) is 5.75 Å². The van der Waals surface area contributed by atoms with Crippen molar-refractivity contribution >= 4 is 50.9 Å². The lowest BCUT2D eigenvalue weighted by atomic mass is 9.89. The monoisotopic (exact) mass is 613 g/mol. The van der Waals surface area contributed by atoms with Gasteiger partial charge in [-0.05, 0) is 35.9 Å². The topological polar surface area (TPSA) is 70.2 Å². The number of amides is 2. The van der Waals surface area contributed by atoms with Crippen molar-refractivity contribution < 1.29 is 31.1 Å². The number of hydrogen-bond donors (Lipinski definition) is 0. The molecule has 7 nitrogen and oxygen atoms in total. The van der Waals surface area contributed by atoms with Gasteiger partial charge in [0.1, 0.15) is 5.75 Å². The van der Waals surface area contributed by atoms with Gasteiger partial charge in [-0.25, -0.2) is 13.2 Å². The van der Waals surface area contributed by atoms with E-state index < -0.39 is 21.8 Å². The number of sulfonamides is 1. The van der Waals surface area contributed by atoms with E-state index in [0.717, 1.165) is 24.0 Å². The van der Waals surface area contributed by atoms with Gasteiger partial charge in [0.15, 0.2) is 0 Å². The van der Waals surface area contributed by atoms with Gasteiger partial charge >= 0.3 is 12.2 Å². The van der Waals surface area contributed by atoms with Crippen LogP contribution in [0.4, 0.5) is 18.0 Å². The van der Waals surface area contributed by atoms with E-state index in [9.17, 15) is 26.4 Å². The standard InChI is InChI=1S/C24H25Cl3F3N3O4S/c1-38(35,36)33-8-6-31(7-9-33)23(34)32-12-16(18(13-32)15-2-4-19(25)20(26)10-15)14-37-22-5-3-17(11-21(22)27)24(28,29)30/h2-5,10-11,16,18H,6-9,12-14H2,1H3/t16-,18?/m0/s1. The van der Waals surface area contributed by atoms with E-state index in [-0.39, 0.29) is 61.4 Å². The maximum atomic E-state index is 13.3. The van der Waals surface area contributed by atoms with E-state index in [1.165, 1.54) is 10.4 Å². The largest absolute Gasteiger partial charge is 0.492 e. The summed E-state index contributed by atoms with van der Waals surface area (Å²) in [5, 5.41) is 0.575. The minimum Gasteiger partial charge on any atom is -0.492 e. The van der Waals surface area contributed by atoms with Gasteiger partial charge in [-0.3, -0.25) is 0 Å². The number of nitrogens with zero attached hydrogens (tertiary/aromatic N) is 3. The number of likely N-dealkylation sites (tertiary alicyclic amines) is 1. The van der Waals surface area contributed by atoms with Crippen molar-refractivity contribution in [1.82, 2.24) is 14.1 Å². The molecule has 2 amide bonds. The van der Waals surface area contributed by atoms with Gasteiger partial charge < -0.3 is 14.5 Å². The first kappa shape index (κ1) is 29.1. The van der Waals surface area contributed by atoms with Gasteiger partial charge in [-0.15, -0.1) is 0 Å². The van der Waals surface area contributed by atoms with Gasteiger partial charge in [-0.1, -0.05) is 40.9 Å². The maximum Gasteiger partial charge on any atom is 0.416 e. The average molecular weight is 615 g/mol. The second-order valence-electron chi connectivity index (χ2n) is 9.33. The maximum absolute atomic E-state index is 13.3. The van der Waals surface area contributed by atoms with Crippen molar-refractivity contribution in [2.75, 3.05) is 52.1 Å². The summed E-state index contributed by atoms with van der Waals surface area (Å²) in [6.07, 6.45) is -3.39. The lowest BCUT2D eigenvalue weighted by molar-refractivity contribution is -0.137. The molecule has 38 heavy (non-hydrogen) atoms. The zero-order valence-electron chi connectivity index (χ0n) is 20.2. The summed E-state index contributed by atoms with van der Waals surface area (Å²) in [6, 6.07) is 7.88. The van der Waals surface area contributed by atoms with Crippen LogP contribution >= 0.6 is 34.8 Å². The first-order chi connectivity index (χ1) is 17.7. The van der Waals surface area contributed by atoms with Crippen LogP contribution in [0.5, 0.6) is 5.75 Å². The number of rotatable bonds is 5. The summed E-state index contributed by atoms with van der Waals surface area (Å²) in [7, 11) is -3.33. The molecule has 2 heterocycles. The lowest BCUT2D eigenvalue weighted by Gasteiger charge is -2.35. The predicted molar refractivity (Wildman–Crippen MR) is 140 cm³/mol. The zero-order valence-corrected chi connectivity index (χ0v) is 23.3. The summed E-state index contributed by atoms with van der Waals surface area (Å²) in [5.41, 5.74) is -0.0409. The van der Waals surface area contributed by atoms with E-state index in [1.807, 2.05) is 6.07 Å². The molecule has 2 saturated heterocycles. The normalized spacial score (nSPS) is 21.1. The third kappa shape index (κ3) is 6.62. The molecule has 0 spiro atoms. The van der Waals surface area contributed by atoms with Gasteiger partial charge in [0.25, 0.3) is 0 Å². The Morgan fingerprint density at radius 3 is 2.21 bits per heavy atom. The highest BCUT2D eigenvalue weighted by atomic mass is 35.5. The Morgan fingerprint density at radius 1 is 0.947 bits per heavy atom. The number of carbonyl (C=O) groups is 1. The van der Waals surface area contributed by atoms with Gasteiger partial charge in [0.2, 0.25) is 10.0 Å². The summed E-state index contributed by atoms with van der Waals surface area (Å²) in [6.45, 7) is 1.71. The van der Waals surface area contributed by atoms with Crippen LogP contribution < -0.4 is 4.74 Å². The Morgan fingerprint density at radius 2 is 1.63 bits per heavy atom. The molecule has 4 rings (SSSR count). The fourth-order valence-electron chi connectivity index (χ4n) is 4.72. The minimum atomic E-state index is -4.53. The van der Waals surface area contributed by atoms with Gasteiger partial charge in [-0.2, -0.15) is 17.5 Å². The third-order valence-electron chi connectivity index (χ3n) is 6.77. The smallest absolute Gasteiger partial charge is 0.416 e. The Labute approximate surface area is 234 Å². The molecule has 0 N–H and O–H groups in total. The fourth-order valence-corrected chi connectivity index (χ4v) is 6.09. The fraction of sp³-hybridized carbons (Fsp3) is 0.458. The molecule has 2 aliphatic rings. The molecule has 0 aromatic heterocycles.